The second-order valence-electron chi connectivity index (χ2n) is 7.83. The van der Waals surface area contributed by atoms with Crippen LogP contribution in [0.15, 0.2) is 29.2 Å². The van der Waals surface area contributed by atoms with Crippen molar-refractivity contribution < 1.29 is 4.21 Å². The number of piperidine rings is 2. The van der Waals surface area contributed by atoms with Crippen LogP contribution >= 0.6 is 0 Å². The highest BCUT2D eigenvalue weighted by Gasteiger charge is 2.22. The van der Waals surface area contributed by atoms with Crippen LogP contribution in [0.25, 0.3) is 0 Å². The van der Waals surface area contributed by atoms with Gasteiger partial charge in [-0.25, -0.2) is 8.51 Å². The predicted octanol–water partition coefficient (Wildman–Crippen LogP) is 2.80. The molecule has 5 heteroatoms. The highest BCUT2D eigenvalue weighted by Crippen LogP contribution is 2.20. The Kier molecular flexibility index (Phi) is 7.05. The van der Waals surface area contributed by atoms with Crippen LogP contribution in [-0.4, -0.2) is 52.2 Å². The molecule has 2 aliphatic rings. The molecule has 0 radical (unpaired) electrons. The zero-order valence-electron chi connectivity index (χ0n) is 15.5. The van der Waals surface area contributed by atoms with Crippen molar-refractivity contribution in [1.29, 1.82) is 0 Å². The second kappa shape index (κ2) is 9.26. The summed E-state index contributed by atoms with van der Waals surface area (Å²) in [4.78, 5) is 3.55. The van der Waals surface area contributed by atoms with Gasteiger partial charge in [-0.15, -0.1) is 0 Å². The summed E-state index contributed by atoms with van der Waals surface area (Å²) in [6.45, 7) is 7.70. The molecule has 0 amide bonds. The molecule has 140 valence electrons. The lowest BCUT2D eigenvalue weighted by Crippen LogP contribution is -2.40. The third-order valence-corrected chi connectivity index (χ3v) is 6.93. The second-order valence-corrected chi connectivity index (χ2v) is 9.32. The van der Waals surface area contributed by atoms with E-state index in [0.717, 1.165) is 37.2 Å². The third kappa shape index (κ3) is 5.61. The molecule has 1 aromatic carbocycles. The summed E-state index contributed by atoms with van der Waals surface area (Å²) in [5.41, 5.74) is 7.27. The van der Waals surface area contributed by atoms with E-state index in [-0.39, 0.29) is 6.04 Å². The molecule has 2 saturated heterocycles. The quantitative estimate of drug-likeness (QED) is 0.845. The van der Waals surface area contributed by atoms with Crippen LogP contribution in [0, 0.1) is 5.92 Å². The summed E-state index contributed by atoms with van der Waals surface area (Å²) in [7, 11) is -1.05. The van der Waals surface area contributed by atoms with Crippen LogP contribution < -0.4 is 5.73 Å². The molecule has 2 fully saturated rings. The van der Waals surface area contributed by atoms with Crippen molar-refractivity contribution in [2.75, 3.05) is 32.7 Å². The minimum atomic E-state index is -1.05. The van der Waals surface area contributed by atoms with Gasteiger partial charge in [-0.3, -0.25) is 0 Å². The summed E-state index contributed by atoms with van der Waals surface area (Å²) < 4.78 is 14.9. The van der Waals surface area contributed by atoms with E-state index in [1.165, 1.54) is 44.5 Å². The molecular formula is C20H33N3OS. The van der Waals surface area contributed by atoms with E-state index in [0.29, 0.717) is 5.92 Å². The molecule has 2 unspecified atom stereocenters. The Morgan fingerprint density at radius 3 is 2.60 bits per heavy atom. The van der Waals surface area contributed by atoms with E-state index >= 15 is 0 Å². The average Bonchev–Trinajstić information content (AvgIpc) is 2.63. The van der Waals surface area contributed by atoms with Gasteiger partial charge < -0.3 is 10.6 Å². The Morgan fingerprint density at radius 2 is 1.88 bits per heavy atom. The molecule has 0 aliphatic carbocycles. The minimum absolute atomic E-state index is 0.273. The fourth-order valence-corrected chi connectivity index (χ4v) is 5.31. The Morgan fingerprint density at radius 1 is 1.16 bits per heavy atom. The fourth-order valence-electron chi connectivity index (χ4n) is 4.02. The lowest BCUT2D eigenvalue weighted by Gasteiger charge is -2.29. The first-order valence-electron chi connectivity index (χ1n) is 9.85. The van der Waals surface area contributed by atoms with E-state index in [1.807, 2.05) is 6.07 Å². The molecule has 2 heterocycles. The van der Waals surface area contributed by atoms with Gasteiger partial charge >= 0.3 is 0 Å². The molecule has 2 aliphatic heterocycles. The van der Waals surface area contributed by atoms with E-state index in [4.69, 9.17) is 5.73 Å². The number of nitrogens with two attached hydrogens (primary N) is 1. The highest BCUT2D eigenvalue weighted by atomic mass is 32.2. The van der Waals surface area contributed by atoms with Gasteiger partial charge in [0.25, 0.3) is 0 Å². The first-order chi connectivity index (χ1) is 12.1. The Bertz CT molecular complexity index is 566. The maximum Gasteiger partial charge on any atom is 0.127 e. The summed E-state index contributed by atoms with van der Waals surface area (Å²) >= 11 is 0. The number of nitrogens with zero attached hydrogens (tertiary/aromatic N) is 2. The van der Waals surface area contributed by atoms with Crippen LogP contribution in [0.4, 0.5) is 0 Å². The molecule has 4 nitrogen and oxygen atoms in total. The lowest BCUT2D eigenvalue weighted by molar-refractivity contribution is 0.200. The molecule has 0 bridgehead atoms. The van der Waals surface area contributed by atoms with E-state index in [9.17, 15) is 4.21 Å². The van der Waals surface area contributed by atoms with Crippen molar-refractivity contribution in [2.24, 2.45) is 11.7 Å². The molecule has 2 N–H and O–H groups in total. The van der Waals surface area contributed by atoms with E-state index in [1.54, 1.807) is 0 Å². The van der Waals surface area contributed by atoms with Gasteiger partial charge in [0.15, 0.2) is 0 Å². The van der Waals surface area contributed by atoms with E-state index < -0.39 is 11.0 Å². The number of benzene rings is 1. The van der Waals surface area contributed by atoms with Crippen LogP contribution in [-0.2, 0) is 17.4 Å². The van der Waals surface area contributed by atoms with Gasteiger partial charge in [0, 0.05) is 25.7 Å². The van der Waals surface area contributed by atoms with Gasteiger partial charge in [0.2, 0.25) is 0 Å². The van der Waals surface area contributed by atoms with Crippen molar-refractivity contribution in [1.82, 2.24) is 9.21 Å². The van der Waals surface area contributed by atoms with Crippen LogP contribution in [0.3, 0.4) is 0 Å². The SMILES string of the molecule is CC(Cc1cccc(S(=O)N2CCC(N)CC2)c1)CN1CCCCC1. The number of hydrogen-bond acceptors (Lipinski definition) is 3. The highest BCUT2D eigenvalue weighted by molar-refractivity contribution is 7.82. The van der Waals surface area contributed by atoms with Crippen LogP contribution in [0.5, 0.6) is 0 Å². The number of rotatable bonds is 6. The largest absolute Gasteiger partial charge is 0.328 e. The van der Waals surface area contributed by atoms with Crippen molar-refractivity contribution >= 4 is 11.0 Å². The molecular weight excluding hydrogens is 330 g/mol. The lowest BCUT2D eigenvalue weighted by atomic mass is 9.99. The molecule has 2 atom stereocenters. The maximum absolute atomic E-state index is 12.8. The smallest absolute Gasteiger partial charge is 0.127 e. The third-order valence-electron chi connectivity index (χ3n) is 5.44. The van der Waals surface area contributed by atoms with E-state index in [2.05, 4.69) is 34.3 Å². The molecule has 25 heavy (non-hydrogen) atoms. The topological polar surface area (TPSA) is 49.6 Å². The maximum atomic E-state index is 12.8. The first kappa shape index (κ1) is 19.0. The molecule has 3 rings (SSSR count). The summed E-state index contributed by atoms with van der Waals surface area (Å²) in [6.07, 6.45) is 7.03. The van der Waals surface area contributed by atoms with Gasteiger partial charge in [0.1, 0.15) is 11.0 Å². The molecule has 0 aromatic heterocycles. The summed E-state index contributed by atoms with van der Waals surface area (Å²) in [5.74, 6) is 0.634. The van der Waals surface area contributed by atoms with Gasteiger partial charge in [-0.1, -0.05) is 25.5 Å². The van der Waals surface area contributed by atoms with Gasteiger partial charge in [0.05, 0.1) is 4.90 Å². The van der Waals surface area contributed by atoms with Crippen molar-refractivity contribution in [3.8, 4) is 0 Å². The van der Waals surface area contributed by atoms with Gasteiger partial charge in [-0.2, -0.15) is 0 Å². The summed E-state index contributed by atoms with van der Waals surface area (Å²) in [6, 6.07) is 8.67. The van der Waals surface area contributed by atoms with Crippen LogP contribution in [0.1, 0.15) is 44.6 Å². The predicted molar refractivity (Wildman–Crippen MR) is 105 cm³/mol. The molecule has 0 saturated carbocycles. The fraction of sp³-hybridized carbons (Fsp3) is 0.700. The first-order valence-corrected chi connectivity index (χ1v) is 11.0. The van der Waals surface area contributed by atoms with Crippen molar-refractivity contribution in [3.05, 3.63) is 29.8 Å². The molecule has 1 aromatic rings. The Hall–Kier alpha value is -0.750. The normalized spacial score (nSPS) is 23.4. The van der Waals surface area contributed by atoms with Crippen molar-refractivity contribution in [2.45, 2.75) is 56.4 Å². The van der Waals surface area contributed by atoms with Crippen LogP contribution in [0.2, 0.25) is 0 Å². The number of hydrogen-bond donors (Lipinski definition) is 1. The standard InChI is InChI=1S/C20H33N3OS/c1-17(16-22-10-3-2-4-11-22)14-18-6-5-7-20(15-18)25(24)23-12-8-19(21)9-13-23/h5-7,15,17,19H,2-4,8-14,16,21H2,1H3. The zero-order valence-corrected chi connectivity index (χ0v) is 16.3. The zero-order chi connectivity index (χ0) is 17.6. The average molecular weight is 364 g/mol. The van der Waals surface area contributed by atoms with Gasteiger partial charge in [-0.05, 0) is 68.8 Å². The summed E-state index contributed by atoms with van der Waals surface area (Å²) in [5, 5.41) is 0. The van der Waals surface area contributed by atoms with Crippen molar-refractivity contribution in [3.63, 3.8) is 0 Å². The number of likely N-dealkylation sites (tertiary alicyclic amines) is 1. The molecule has 0 spiro atoms. The Labute approximate surface area is 155 Å². The Balaban J connectivity index is 1.56. The monoisotopic (exact) mass is 363 g/mol. The minimum Gasteiger partial charge on any atom is -0.328 e.